The molecule has 4 heteroatoms. The van der Waals surface area contributed by atoms with Crippen LogP contribution in [0.2, 0.25) is 0 Å². The van der Waals surface area contributed by atoms with E-state index >= 15 is 0 Å². The van der Waals surface area contributed by atoms with E-state index in [2.05, 4.69) is 136 Å². The Morgan fingerprint density at radius 2 is 1.00 bits per heavy atom. The fraction of sp³-hybridized carbons (Fsp3) is 0. The van der Waals surface area contributed by atoms with Crippen LogP contribution in [0.5, 0.6) is 0 Å². The Kier molecular flexibility index (Phi) is 8.67. The molecule has 5 rings (SSSR count). The molecule has 3 aromatic carbocycles. The molecule has 0 atom stereocenters. The van der Waals surface area contributed by atoms with E-state index in [4.69, 9.17) is 0 Å². The smallest absolute Gasteiger partial charge is 0.0332 e. The highest BCUT2D eigenvalue weighted by Gasteiger charge is 2.04. The van der Waals surface area contributed by atoms with Crippen molar-refractivity contribution in [1.82, 2.24) is 9.97 Å². The average molecular weight is 660 g/mol. The molecule has 0 aliphatic carbocycles. The summed E-state index contributed by atoms with van der Waals surface area (Å²) < 4.78 is 5.91. The van der Waals surface area contributed by atoms with Crippen LogP contribution in [0.4, 0.5) is 0 Å². The zero-order chi connectivity index (χ0) is 23.6. The Morgan fingerprint density at radius 1 is 0.559 bits per heavy atom. The van der Waals surface area contributed by atoms with Crippen LogP contribution in [-0.2, 0) is 0 Å². The number of halogens is 2. The van der Waals surface area contributed by atoms with Crippen LogP contribution in [0.1, 0.15) is 22.3 Å². The second kappa shape index (κ2) is 12.3. The summed E-state index contributed by atoms with van der Waals surface area (Å²) in [7, 11) is 0. The van der Waals surface area contributed by atoms with Crippen LogP contribution in [0, 0.1) is 19.7 Å². The first-order chi connectivity index (χ1) is 16.8. The molecule has 0 bridgehead atoms. The monoisotopic (exact) mass is 660 g/mol. The van der Waals surface area contributed by atoms with Gasteiger partial charge in [-0.3, -0.25) is 9.97 Å². The van der Waals surface area contributed by atoms with Gasteiger partial charge in [0.15, 0.2) is 0 Å². The van der Waals surface area contributed by atoms with E-state index in [1.165, 1.54) is 21.5 Å². The minimum Gasteiger partial charge on any atom is -0.265 e. The highest BCUT2D eigenvalue weighted by Crippen LogP contribution is 2.27. The van der Waals surface area contributed by atoms with E-state index < -0.39 is 0 Å². The molecule has 2 aromatic heterocycles. The maximum absolute atomic E-state index is 3.96. The number of fused-ring (bicyclic) bond motifs is 2. The third kappa shape index (κ3) is 6.22. The Morgan fingerprint density at radius 3 is 1.41 bits per heavy atom. The molecule has 2 heterocycles. The molecular formula is C30H18I2N2. The zero-order valence-corrected chi connectivity index (χ0v) is 22.4. The summed E-state index contributed by atoms with van der Waals surface area (Å²) in [5.41, 5.74) is 4.43. The van der Waals surface area contributed by atoms with Gasteiger partial charge < -0.3 is 0 Å². The number of benzene rings is 3. The van der Waals surface area contributed by atoms with Crippen LogP contribution in [0.15, 0.2) is 97.6 Å². The summed E-state index contributed by atoms with van der Waals surface area (Å²) in [6.45, 7) is 0. The van der Waals surface area contributed by atoms with E-state index in [-0.39, 0.29) is 0 Å². The second-order valence-electron chi connectivity index (χ2n) is 7.24. The number of hydrogen-bond acceptors (Lipinski definition) is 2. The van der Waals surface area contributed by atoms with Crippen molar-refractivity contribution >= 4 is 78.9 Å². The maximum Gasteiger partial charge on any atom is 0.0332 e. The first-order valence-electron chi connectivity index (χ1n) is 10.5. The Hall–Kier alpha value is -3.20. The lowest BCUT2D eigenvalue weighted by atomic mass is 9.97. The molecule has 2 nitrogen and oxygen atoms in total. The van der Waals surface area contributed by atoms with Gasteiger partial charge in [-0.25, -0.2) is 0 Å². The number of rotatable bonds is 2. The van der Waals surface area contributed by atoms with E-state index in [0.29, 0.717) is 0 Å². The molecular weight excluding hydrogens is 642 g/mol. The van der Waals surface area contributed by atoms with Gasteiger partial charge in [0, 0.05) is 81.1 Å². The standard InChI is InChI=1S/C18H8I2.C12H10N2/c19-9-7-13-3-1-5-15-11-16-6-2-4-14(8-10-20)18(16)12-17(13)15;1(11-3-7-13-8-4-11)2-12-5-9-14-10-6-12/h1-6,11-12H;1-10H/b;2-1+. The van der Waals surface area contributed by atoms with Crippen molar-refractivity contribution in [3.05, 3.63) is 120 Å². The summed E-state index contributed by atoms with van der Waals surface area (Å²) in [6, 6.07) is 24.8. The molecule has 0 fully saturated rings. The molecule has 0 spiro atoms. The summed E-state index contributed by atoms with van der Waals surface area (Å²) >= 11 is 4.15. The molecule has 0 aliphatic heterocycles. The number of hydrogen-bond donors (Lipinski definition) is 0. The second-order valence-corrected chi connectivity index (χ2v) is 8.32. The van der Waals surface area contributed by atoms with E-state index in [9.17, 15) is 0 Å². The molecule has 0 amide bonds. The fourth-order valence-corrected chi connectivity index (χ4v) is 4.09. The third-order valence-corrected chi connectivity index (χ3v) is 5.66. The maximum atomic E-state index is 3.96. The quantitative estimate of drug-likeness (QED) is 0.109. The van der Waals surface area contributed by atoms with Crippen LogP contribution in [0.3, 0.4) is 0 Å². The third-order valence-electron chi connectivity index (χ3n) is 5.12. The van der Waals surface area contributed by atoms with Crippen LogP contribution in [-0.4, -0.2) is 9.97 Å². The van der Waals surface area contributed by atoms with E-state index in [1.54, 1.807) is 24.8 Å². The molecule has 0 radical (unpaired) electrons. The molecule has 162 valence electrons. The summed E-state index contributed by atoms with van der Waals surface area (Å²) in [5, 5.41) is 4.81. The minimum atomic E-state index is 1.07. The van der Waals surface area contributed by atoms with Crippen molar-refractivity contribution < 1.29 is 0 Å². The summed E-state index contributed by atoms with van der Waals surface area (Å²) in [6.07, 6.45) is 11.2. The number of pyridine rings is 2. The predicted octanol–water partition coefficient (Wildman–Crippen LogP) is 8.13. The molecule has 34 heavy (non-hydrogen) atoms. The predicted molar refractivity (Wildman–Crippen MR) is 161 cm³/mol. The van der Waals surface area contributed by atoms with Gasteiger partial charge in [0.1, 0.15) is 0 Å². The van der Waals surface area contributed by atoms with Gasteiger partial charge >= 0.3 is 0 Å². The van der Waals surface area contributed by atoms with Gasteiger partial charge in [-0.15, -0.1) is 0 Å². The highest BCUT2D eigenvalue weighted by atomic mass is 127. The van der Waals surface area contributed by atoms with E-state index in [1.807, 2.05) is 24.3 Å². The van der Waals surface area contributed by atoms with Gasteiger partial charge in [0.05, 0.1) is 0 Å². The van der Waals surface area contributed by atoms with Crippen LogP contribution in [0.25, 0.3) is 33.7 Å². The molecule has 0 N–H and O–H groups in total. The average Bonchev–Trinajstić information content (AvgIpc) is 2.89. The molecule has 0 unspecified atom stereocenters. The fourth-order valence-electron chi connectivity index (χ4n) is 3.51. The van der Waals surface area contributed by atoms with Gasteiger partial charge in [-0.2, -0.15) is 0 Å². The van der Waals surface area contributed by atoms with Crippen LogP contribution >= 0.6 is 45.2 Å². The normalized spacial score (nSPS) is 10.1. The largest absolute Gasteiger partial charge is 0.265 e. The Bertz CT molecular complexity index is 1450. The highest BCUT2D eigenvalue weighted by molar-refractivity contribution is 14.1. The minimum absolute atomic E-state index is 1.07. The molecule has 5 aromatic rings. The van der Waals surface area contributed by atoms with Crippen molar-refractivity contribution in [2.45, 2.75) is 0 Å². The van der Waals surface area contributed by atoms with Crippen molar-refractivity contribution in [1.29, 1.82) is 0 Å². The summed E-state index contributed by atoms with van der Waals surface area (Å²) in [5.74, 6) is 6.33. The SMILES string of the molecule is C(=C\c1ccncc1)/c1ccncc1.IC#Cc1cccc2cc3cccc(C#CI)c3cc12. The molecule has 0 aliphatic rings. The van der Waals surface area contributed by atoms with Gasteiger partial charge in [0.2, 0.25) is 0 Å². The Balaban J connectivity index is 0.000000172. The number of nitrogens with zero attached hydrogens (tertiary/aromatic N) is 2. The van der Waals surface area contributed by atoms with Crippen molar-refractivity contribution in [2.24, 2.45) is 0 Å². The van der Waals surface area contributed by atoms with Crippen molar-refractivity contribution in [3.8, 4) is 19.7 Å². The Labute approximate surface area is 226 Å². The lowest BCUT2D eigenvalue weighted by Crippen LogP contribution is -1.84. The van der Waals surface area contributed by atoms with Crippen LogP contribution < -0.4 is 0 Å². The van der Waals surface area contributed by atoms with Crippen molar-refractivity contribution in [2.75, 3.05) is 0 Å². The first-order valence-corrected chi connectivity index (χ1v) is 12.6. The van der Waals surface area contributed by atoms with Crippen molar-refractivity contribution in [3.63, 3.8) is 0 Å². The number of aromatic nitrogens is 2. The molecule has 0 saturated heterocycles. The van der Waals surface area contributed by atoms with Gasteiger partial charge in [-0.1, -0.05) is 48.3 Å². The first kappa shape index (κ1) is 23.9. The van der Waals surface area contributed by atoms with Gasteiger partial charge in [0.25, 0.3) is 0 Å². The van der Waals surface area contributed by atoms with E-state index in [0.717, 1.165) is 22.3 Å². The molecule has 0 saturated carbocycles. The zero-order valence-electron chi connectivity index (χ0n) is 18.0. The lowest BCUT2D eigenvalue weighted by molar-refractivity contribution is 1.32. The lowest BCUT2D eigenvalue weighted by Gasteiger charge is -2.06. The summed E-state index contributed by atoms with van der Waals surface area (Å²) in [4.78, 5) is 7.91. The topological polar surface area (TPSA) is 25.8 Å². The van der Waals surface area contributed by atoms with Gasteiger partial charge in [-0.05, 0) is 89.1 Å².